The van der Waals surface area contributed by atoms with Gasteiger partial charge in [-0.1, -0.05) is 25.0 Å². The molecular weight excluding hydrogens is 290 g/mol. The summed E-state index contributed by atoms with van der Waals surface area (Å²) in [4.78, 5) is 4.69. The summed E-state index contributed by atoms with van der Waals surface area (Å²) in [7, 11) is 1.67. The zero-order valence-electron chi connectivity index (χ0n) is 14.3. The molecule has 0 amide bonds. The summed E-state index contributed by atoms with van der Waals surface area (Å²) in [6.07, 6.45) is 5.14. The highest BCUT2D eigenvalue weighted by Crippen LogP contribution is 2.17. The monoisotopic (exact) mass is 319 g/mol. The molecule has 0 spiro atoms. The number of nitrogens with one attached hydrogen (secondary N) is 2. The Kier molecular flexibility index (Phi) is 7.73. The fraction of sp³-hybridized carbons (Fsp3) is 0.611. The lowest BCUT2D eigenvalue weighted by Crippen LogP contribution is -2.42. The number of ether oxygens (including phenoxy) is 2. The lowest BCUT2D eigenvalue weighted by molar-refractivity contribution is 0.146. The lowest BCUT2D eigenvalue weighted by atomic mass is 10.2. The zero-order valence-corrected chi connectivity index (χ0v) is 14.3. The maximum absolute atomic E-state index is 5.57. The van der Waals surface area contributed by atoms with Gasteiger partial charge in [-0.25, -0.2) is 4.99 Å². The van der Waals surface area contributed by atoms with Crippen molar-refractivity contribution in [3.63, 3.8) is 0 Å². The van der Waals surface area contributed by atoms with Crippen molar-refractivity contribution in [2.45, 2.75) is 45.2 Å². The van der Waals surface area contributed by atoms with Crippen molar-refractivity contribution in [1.82, 2.24) is 10.6 Å². The normalized spacial score (nSPS) is 15.7. The van der Waals surface area contributed by atoms with Crippen molar-refractivity contribution in [3.05, 3.63) is 29.8 Å². The third-order valence-corrected chi connectivity index (χ3v) is 3.94. The molecule has 0 heterocycles. The largest absolute Gasteiger partial charge is 0.491 e. The average molecular weight is 319 g/mol. The van der Waals surface area contributed by atoms with Crippen LogP contribution in [0.25, 0.3) is 0 Å². The van der Waals surface area contributed by atoms with Gasteiger partial charge >= 0.3 is 0 Å². The van der Waals surface area contributed by atoms with Gasteiger partial charge in [-0.3, -0.25) is 0 Å². The molecule has 1 aliphatic rings. The van der Waals surface area contributed by atoms with Crippen LogP contribution in [-0.4, -0.2) is 38.9 Å². The molecule has 2 rings (SSSR count). The van der Waals surface area contributed by atoms with Crippen LogP contribution < -0.4 is 15.4 Å². The first-order valence-corrected chi connectivity index (χ1v) is 8.57. The second-order valence-electron chi connectivity index (χ2n) is 5.81. The third kappa shape index (κ3) is 6.48. The van der Waals surface area contributed by atoms with E-state index in [2.05, 4.69) is 34.7 Å². The van der Waals surface area contributed by atoms with Crippen LogP contribution in [0.5, 0.6) is 5.75 Å². The molecule has 0 saturated heterocycles. The van der Waals surface area contributed by atoms with E-state index in [-0.39, 0.29) is 0 Å². The number of hydrogen-bond acceptors (Lipinski definition) is 3. The van der Waals surface area contributed by atoms with Crippen molar-refractivity contribution in [2.24, 2.45) is 4.99 Å². The molecule has 5 heteroatoms. The third-order valence-electron chi connectivity index (χ3n) is 3.94. The number of rotatable bonds is 8. The van der Waals surface area contributed by atoms with Crippen LogP contribution in [0.15, 0.2) is 29.3 Å². The van der Waals surface area contributed by atoms with Crippen LogP contribution >= 0.6 is 0 Å². The van der Waals surface area contributed by atoms with Gasteiger partial charge in [-0.05, 0) is 37.5 Å². The van der Waals surface area contributed by atoms with E-state index >= 15 is 0 Å². The van der Waals surface area contributed by atoms with Crippen LogP contribution in [0.4, 0.5) is 0 Å². The molecular formula is C18H29N3O2. The van der Waals surface area contributed by atoms with Crippen molar-refractivity contribution < 1.29 is 9.47 Å². The number of guanidine groups is 1. The highest BCUT2D eigenvalue weighted by molar-refractivity contribution is 5.80. The molecule has 0 radical (unpaired) electrons. The van der Waals surface area contributed by atoms with E-state index in [1.165, 1.54) is 31.2 Å². The summed E-state index contributed by atoms with van der Waals surface area (Å²) in [6, 6.07) is 8.66. The van der Waals surface area contributed by atoms with Gasteiger partial charge in [0.1, 0.15) is 12.4 Å². The van der Waals surface area contributed by atoms with E-state index < -0.39 is 0 Å². The highest BCUT2D eigenvalue weighted by Gasteiger charge is 2.15. The van der Waals surface area contributed by atoms with Gasteiger partial charge in [-0.15, -0.1) is 0 Å². The fourth-order valence-electron chi connectivity index (χ4n) is 2.69. The van der Waals surface area contributed by atoms with E-state index in [1.807, 2.05) is 12.1 Å². The number of methoxy groups -OCH3 is 1. The van der Waals surface area contributed by atoms with Gasteiger partial charge in [0.15, 0.2) is 5.96 Å². The van der Waals surface area contributed by atoms with Crippen LogP contribution in [0.2, 0.25) is 0 Å². The Hall–Kier alpha value is -1.75. The second kappa shape index (κ2) is 10.1. The van der Waals surface area contributed by atoms with Gasteiger partial charge in [-0.2, -0.15) is 0 Å². The van der Waals surface area contributed by atoms with Crippen molar-refractivity contribution in [3.8, 4) is 5.75 Å². The fourth-order valence-corrected chi connectivity index (χ4v) is 2.69. The van der Waals surface area contributed by atoms with E-state index in [0.29, 0.717) is 25.8 Å². The summed E-state index contributed by atoms with van der Waals surface area (Å²) in [5.74, 6) is 1.78. The molecule has 23 heavy (non-hydrogen) atoms. The molecule has 2 N–H and O–H groups in total. The maximum atomic E-state index is 5.57. The maximum Gasteiger partial charge on any atom is 0.191 e. The molecule has 1 aliphatic carbocycles. The first kappa shape index (κ1) is 17.6. The van der Waals surface area contributed by atoms with E-state index in [9.17, 15) is 0 Å². The van der Waals surface area contributed by atoms with Crippen LogP contribution in [-0.2, 0) is 11.3 Å². The summed E-state index contributed by atoms with van der Waals surface area (Å²) in [5, 5.41) is 6.86. The zero-order chi connectivity index (χ0) is 16.3. The minimum absolute atomic E-state index is 0.573. The summed E-state index contributed by atoms with van der Waals surface area (Å²) < 4.78 is 10.5. The quantitative estimate of drug-likeness (QED) is 0.439. The Morgan fingerprint density at radius 1 is 1.17 bits per heavy atom. The van der Waals surface area contributed by atoms with E-state index in [0.717, 1.165) is 18.3 Å². The summed E-state index contributed by atoms with van der Waals surface area (Å²) >= 11 is 0. The predicted molar refractivity (Wildman–Crippen MR) is 94.0 cm³/mol. The highest BCUT2D eigenvalue weighted by atomic mass is 16.5. The molecule has 1 aromatic rings. The van der Waals surface area contributed by atoms with Gasteiger partial charge in [0.2, 0.25) is 0 Å². The minimum atomic E-state index is 0.573. The van der Waals surface area contributed by atoms with Crippen molar-refractivity contribution >= 4 is 5.96 Å². The Morgan fingerprint density at radius 2 is 1.91 bits per heavy atom. The molecule has 1 aromatic carbocycles. The van der Waals surface area contributed by atoms with Crippen LogP contribution in [0.3, 0.4) is 0 Å². The second-order valence-corrected chi connectivity index (χ2v) is 5.81. The predicted octanol–water partition coefficient (Wildman–Crippen LogP) is 2.71. The minimum Gasteiger partial charge on any atom is -0.491 e. The summed E-state index contributed by atoms with van der Waals surface area (Å²) in [5.41, 5.74) is 1.17. The Morgan fingerprint density at radius 3 is 2.57 bits per heavy atom. The van der Waals surface area contributed by atoms with E-state index in [1.54, 1.807) is 7.11 Å². The lowest BCUT2D eigenvalue weighted by Gasteiger charge is -2.16. The molecule has 0 unspecified atom stereocenters. The molecule has 0 bridgehead atoms. The van der Waals surface area contributed by atoms with Gasteiger partial charge in [0, 0.05) is 19.7 Å². The SMILES string of the molecule is CCNC(=NCc1ccc(OCCOC)cc1)NC1CCCC1. The first-order valence-electron chi connectivity index (χ1n) is 8.57. The Bertz CT molecular complexity index is 468. The smallest absolute Gasteiger partial charge is 0.191 e. The van der Waals surface area contributed by atoms with Crippen LogP contribution in [0.1, 0.15) is 38.2 Å². The number of aliphatic imine (C=N–C) groups is 1. The molecule has 1 fully saturated rings. The topological polar surface area (TPSA) is 54.9 Å². The first-order chi connectivity index (χ1) is 11.3. The molecule has 5 nitrogen and oxygen atoms in total. The van der Waals surface area contributed by atoms with Crippen LogP contribution in [0, 0.1) is 0 Å². The molecule has 0 aromatic heterocycles. The number of benzene rings is 1. The molecule has 1 saturated carbocycles. The number of nitrogens with zero attached hydrogens (tertiary/aromatic N) is 1. The number of hydrogen-bond donors (Lipinski definition) is 2. The van der Waals surface area contributed by atoms with Gasteiger partial charge in [0.25, 0.3) is 0 Å². The molecule has 0 atom stereocenters. The van der Waals surface area contributed by atoms with E-state index in [4.69, 9.17) is 9.47 Å². The Balaban J connectivity index is 1.85. The van der Waals surface area contributed by atoms with Crippen molar-refractivity contribution in [1.29, 1.82) is 0 Å². The standard InChI is InChI=1S/C18H29N3O2/c1-3-19-18(21-16-6-4-5-7-16)20-14-15-8-10-17(11-9-15)23-13-12-22-2/h8-11,16H,3-7,12-14H2,1-2H3,(H2,19,20,21). The van der Waals surface area contributed by atoms with Crippen molar-refractivity contribution in [2.75, 3.05) is 26.9 Å². The van der Waals surface area contributed by atoms with Gasteiger partial charge < -0.3 is 20.1 Å². The Labute approximate surface area is 139 Å². The van der Waals surface area contributed by atoms with Gasteiger partial charge in [0.05, 0.1) is 13.2 Å². The molecule has 0 aliphatic heterocycles. The average Bonchev–Trinajstić information content (AvgIpc) is 3.07. The molecule has 128 valence electrons. The summed E-state index contributed by atoms with van der Waals surface area (Å²) in [6.45, 7) is 4.82.